The van der Waals surface area contributed by atoms with Crippen LogP contribution < -0.4 is 10.6 Å². The number of alkyl carbamates (subject to hydrolysis) is 1. The smallest absolute Gasteiger partial charge is 0.407 e. The molecule has 3 aromatic carbocycles. The van der Waals surface area contributed by atoms with Crippen molar-refractivity contribution in [1.82, 2.24) is 10.6 Å². The number of hydrogen-bond acceptors (Lipinski definition) is 5. The van der Waals surface area contributed by atoms with E-state index < -0.39 is 36.2 Å². The molecule has 4 rings (SSSR count). The van der Waals surface area contributed by atoms with Crippen LogP contribution in [-0.2, 0) is 25.7 Å². The topological polar surface area (TPSA) is 114 Å². The Morgan fingerprint density at radius 2 is 1.40 bits per heavy atom. The molecule has 0 heterocycles. The average molecular weight is 545 g/mol. The van der Waals surface area contributed by atoms with Crippen LogP contribution in [0.25, 0.3) is 11.1 Å². The van der Waals surface area contributed by atoms with Crippen molar-refractivity contribution in [2.24, 2.45) is 5.92 Å². The van der Waals surface area contributed by atoms with Gasteiger partial charge in [0.25, 0.3) is 0 Å². The third-order valence-electron chi connectivity index (χ3n) is 7.26. The van der Waals surface area contributed by atoms with E-state index in [4.69, 9.17) is 9.47 Å². The number of carboxylic acids is 1. The number of ether oxygens (including phenoxy) is 2. The largest absolute Gasteiger partial charge is 0.480 e. The molecule has 3 atom stereocenters. The van der Waals surface area contributed by atoms with Crippen molar-refractivity contribution in [2.75, 3.05) is 6.61 Å². The van der Waals surface area contributed by atoms with Crippen molar-refractivity contribution >= 4 is 18.0 Å². The molecule has 1 aliphatic rings. The summed E-state index contributed by atoms with van der Waals surface area (Å²) in [5.74, 6) is -1.87. The zero-order chi connectivity index (χ0) is 28.6. The molecule has 8 nitrogen and oxygen atoms in total. The van der Waals surface area contributed by atoms with E-state index in [1.807, 2.05) is 80.6 Å². The van der Waals surface area contributed by atoms with E-state index in [-0.39, 0.29) is 31.5 Å². The zero-order valence-electron chi connectivity index (χ0n) is 23.0. The van der Waals surface area contributed by atoms with Gasteiger partial charge in [0.2, 0.25) is 5.91 Å². The van der Waals surface area contributed by atoms with Gasteiger partial charge in [-0.2, -0.15) is 0 Å². The summed E-state index contributed by atoms with van der Waals surface area (Å²) in [6.07, 6.45) is -1.49. The summed E-state index contributed by atoms with van der Waals surface area (Å²) in [4.78, 5) is 37.5. The predicted octanol–water partition coefficient (Wildman–Crippen LogP) is 5.11. The molecule has 0 spiro atoms. The monoisotopic (exact) mass is 544 g/mol. The van der Waals surface area contributed by atoms with Crippen LogP contribution in [0.4, 0.5) is 4.79 Å². The van der Waals surface area contributed by atoms with Gasteiger partial charge in [0.1, 0.15) is 6.61 Å². The van der Waals surface area contributed by atoms with Gasteiger partial charge in [0.05, 0.1) is 12.7 Å². The first-order valence-corrected chi connectivity index (χ1v) is 13.5. The lowest BCUT2D eigenvalue weighted by atomic mass is 9.98. The van der Waals surface area contributed by atoms with E-state index in [9.17, 15) is 19.5 Å². The van der Waals surface area contributed by atoms with E-state index >= 15 is 0 Å². The lowest BCUT2D eigenvalue weighted by Gasteiger charge is -2.25. The van der Waals surface area contributed by atoms with Crippen molar-refractivity contribution in [3.63, 3.8) is 0 Å². The van der Waals surface area contributed by atoms with Crippen molar-refractivity contribution in [2.45, 2.75) is 57.9 Å². The second-order valence-corrected chi connectivity index (χ2v) is 10.4. The van der Waals surface area contributed by atoms with E-state index in [2.05, 4.69) is 22.8 Å². The number of fused-ring (bicyclic) bond motifs is 3. The summed E-state index contributed by atoms with van der Waals surface area (Å²) in [6, 6.07) is 23.8. The van der Waals surface area contributed by atoms with Crippen LogP contribution in [0, 0.1) is 5.92 Å². The number of nitrogens with one attached hydrogen (secondary N) is 2. The predicted molar refractivity (Wildman–Crippen MR) is 152 cm³/mol. The number of carboxylic acid groups (broad SMARTS) is 1. The third kappa shape index (κ3) is 7.07. The zero-order valence-corrected chi connectivity index (χ0v) is 23.0. The summed E-state index contributed by atoms with van der Waals surface area (Å²) in [6.45, 7) is 5.74. The minimum atomic E-state index is -1.24. The Kier molecular flexibility index (Phi) is 9.56. The number of carbonyl (C=O) groups is 3. The average Bonchev–Trinajstić information content (AvgIpc) is 3.27. The molecule has 0 aliphatic heterocycles. The second-order valence-electron chi connectivity index (χ2n) is 10.4. The van der Waals surface area contributed by atoms with E-state index in [0.717, 1.165) is 27.8 Å². The molecule has 3 aromatic rings. The Morgan fingerprint density at radius 3 is 1.98 bits per heavy atom. The van der Waals surface area contributed by atoms with Crippen LogP contribution in [0.15, 0.2) is 78.9 Å². The van der Waals surface area contributed by atoms with Gasteiger partial charge in [-0.3, -0.25) is 4.79 Å². The molecule has 2 unspecified atom stereocenters. The molecule has 3 N–H and O–H groups in total. The minimum absolute atomic E-state index is 0.0763. The first-order valence-electron chi connectivity index (χ1n) is 13.5. The Labute approximate surface area is 234 Å². The fourth-order valence-electron chi connectivity index (χ4n) is 4.95. The maximum atomic E-state index is 12.9. The highest BCUT2D eigenvalue weighted by atomic mass is 16.5. The standard InChI is InChI=1S/C32H36N2O6/c1-20(2)28(17-29(35)34-30(31(36)37)21(3)39-18-22-11-5-4-6-12-22)33-32(38)40-19-27-25-15-9-7-13-23(25)24-14-8-10-16-26(24)27/h4-16,20-21,27-28,30H,17-19H2,1-3H3,(H,33,38)(H,34,35)(H,36,37)/t21?,28-,30?/m0/s1. The number of carbonyl (C=O) groups excluding carboxylic acids is 2. The molecular weight excluding hydrogens is 508 g/mol. The van der Waals surface area contributed by atoms with Crippen molar-refractivity contribution in [3.05, 3.63) is 95.6 Å². The Hall–Kier alpha value is -4.17. The van der Waals surface area contributed by atoms with Crippen LogP contribution in [-0.4, -0.2) is 47.9 Å². The maximum Gasteiger partial charge on any atom is 0.407 e. The van der Waals surface area contributed by atoms with Crippen molar-refractivity contribution in [3.8, 4) is 11.1 Å². The molecule has 0 bridgehead atoms. The molecule has 0 radical (unpaired) electrons. The van der Waals surface area contributed by atoms with Gasteiger partial charge in [0, 0.05) is 18.4 Å². The van der Waals surface area contributed by atoms with Crippen LogP contribution in [0.2, 0.25) is 0 Å². The molecule has 0 fully saturated rings. The number of hydrogen-bond donors (Lipinski definition) is 3. The van der Waals surface area contributed by atoms with Gasteiger partial charge >= 0.3 is 12.1 Å². The fourth-order valence-corrected chi connectivity index (χ4v) is 4.95. The van der Waals surface area contributed by atoms with Crippen molar-refractivity contribution < 1.29 is 29.0 Å². The van der Waals surface area contributed by atoms with Crippen LogP contribution in [0.1, 0.15) is 49.8 Å². The Balaban J connectivity index is 1.31. The molecule has 0 saturated carbocycles. The Morgan fingerprint density at radius 1 is 0.825 bits per heavy atom. The molecule has 0 saturated heterocycles. The molecule has 2 amide bonds. The van der Waals surface area contributed by atoms with Crippen LogP contribution in [0.3, 0.4) is 0 Å². The first kappa shape index (κ1) is 28.8. The molecule has 0 aromatic heterocycles. The second kappa shape index (κ2) is 13.3. The van der Waals surface area contributed by atoms with Gasteiger partial charge in [0.15, 0.2) is 6.04 Å². The first-order chi connectivity index (χ1) is 19.2. The van der Waals surface area contributed by atoms with Crippen LogP contribution >= 0.6 is 0 Å². The van der Waals surface area contributed by atoms with Crippen molar-refractivity contribution in [1.29, 1.82) is 0 Å². The highest BCUT2D eigenvalue weighted by Gasteiger charge is 2.31. The minimum Gasteiger partial charge on any atom is -0.480 e. The molecule has 8 heteroatoms. The number of rotatable bonds is 12. The number of amides is 2. The Bertz CT molecular complexity index is 1280. The normalized spacial score (nSPS) is 14.5. The van der Waals surface area contributed by atoms with E-state index in [1.54, 1.807) is 6.92 Å². The van der Waals surface area contributed by atoms with Gasteiger partial charge in [-0.15, -0.1) is 0 Å². The number of aliphatic carboxylic acids is 1. The summed E-state index contributed by atoms with van der Waals surface area (Å²) in [5.41, 5.74) is 5.40. The van der Waals surface area contributed by atoms with Gasteiger partial charge in [-0.25, -0.2) is 9.59 Å². The van der Waals surface area contributed by atoms with E-state index in [0.29, 0.717) is 0 Å². The van der Waals surface area contributed by atoms with Gasteiger partial charge in [-0.1, -0.05) is 92.7 Å². The lowest BCUT2D eigenvalue weighted by molar-refractivity contribution is -0.146. The highest BCUT2D eigenvalue weighted by Crippen LogP contribution is 2.44. The fraction of sp³-hybridized carbons (Fsp3) is 0.344. The molecule has 210 valence electrons. The molecular formula is C32H36N2O6. The van der Waals surface area contributed by atoms with E-state index in [1.165, 1.54) is 0 Å². The SMILES string of the molecule is CC(OCc1ccccc1)C(NC(=O)C[C@H](NC(=O)OCC1c2ccccc2-c2ccccc21)C(C)C)C(=O)O. The summed E-state index contributed by atoms with van der Waals surface area (Å²) < 4.78 is 11.4. The molecule has 1 aliphatic carbocycles. The third-order valence-corrected chi connectivity index (χ3v) is 7.26. The summed E-state index contributed by atoms with van der Waals surface area (Å²) in [5, 5.41) is 15.1. The highest BCUT2D eigenvalue weighted by molar-refractivity contribution is 5.84. The quantitative estimate of drug-likeness (QED) is 0.292. The lowest BCUT2D eigenvalue weighted by Crippen LogP contribution is -2.51. The maximum absolute atomic E-state index is 12.9. The van der Waals surface area contributed by atoms with Crippen LogP contribution in [0.5, 0.6) is 0 Å². The number of benzene rings is 3. The molecule has 40 heavy (non-hydrogen) atoms. The summed E-state index contributed by atoms with van der Waals surface area (Å²) >= 11 is 0. The van der Waals surface area contributed by atoms with Gasteiger partial charge in [-0.05, 0) is 40.7 Å². The van der Waals surface area contributed by atoms with Gasteiger partial charge < -0.3 is 25.2 Å². The summed E-state index contributed by atoms with van der Waals surface area (Å²) in [7, 11) is 0.